The Balaban J connectivity index is 1.44. The molecule has 1 N–H and O–H groups in total. The third kappa shape index (κ3) is 2.46. The Morgan fingerprint density at radius 2 is 2.23 bits per heavy atom. The standard InChI is InChI=1S/C16H19N3O2S/c20-15(12-10-13(21-18-12)14-2-1-9-22-14)19-7-4-16(5-8-19)3-6-17-11-16/h1-2,9-10,17H,3-8,11H2. The SMILES string of the molecule is O=C(c1cc(-c2cccs2)on1)N1CCC2(CCNC2)CC1. The van der Waals surface area contributed by atoms with E-state index in [0.717, 1.165) is 43.9 Å². The van der Waals surface area contributed by atoms with Crippen LogP contribution in [0.4, 0.5) is 0 Å². The lowest BCUT2D eigenvalue weighted by atomic mass is 9.78. The number of nitrogens with one attached hydrogen (secondary N) is 1. The van der Waals surface area contributed by atoms with Crippen molar-refractivity contribution in [2.24, 2.45) is 5.41 Å². The number of rotatable bonds is 2. The van der Waals surface area contributed by atoms with Crippen molar-refractivity contribution in [1.82, 2.24) is 15.4 Å². The van der Waals surface area contributed by atoms with E-state index in [-0.39, 0.29) is 5.91 Å². The fourth-order valence-electron chi connectivity index (χ4n) is 3.48. The van der Waals surface area contributed by atoms with Crippen molar-refractivity contribution in [3.8, 4) is 10.6 Å². The third-order valence-electron chi connectivity index (χ3n) is 4.94. The van der Waals surface area contributed by atoms with Crippen LogP contribution in [0.15, 0.2) is 28.1 Å². The average Bonchev–Trinajstić information content (AvgIpc) is 3.29. The first-order valence-corrected chi connectivity index (χ1v) is 8.64. The van der Waals surface area contributed by atoms with Crippen LogP contribution in [0.2, 0.25) is 0 Å². The molecule has 2 fully saturated rings. The van der Waals surface area contributed by atoms with Gasteiger partial charge in [0.05, 0.1) is 4.88 Å². The van der Waals surface area contributed by atoms with Crippen LogP contribution < -0.4 is 5.32 Å². The molecule has 0 radical (unpaired) electrons. The van der Waals surface area contributed by atoms with E-state index >= 15 is 0 Å². The maximum atomic E-state index is 12.6. The number of thiophene rings is 1. The Kier molecular flexibility index (Phi) is 3.50. The molecule has 22 heavy (non-hydrogen) atoms. The van der Waals surface area contributed by atoms with Gasteiger partial charge < -0.3 is 14.7 Å². The molecule has 0 aromatic carbocycles. The van der Waals surface area contributed by atoms with Gasteiger partial charge in [-0.3, -0.25) is 4.79 Å². The highest BCUT2D eigenvalue weighted by Gasteiger charge is 2.38. The number of hydrogen-bond donors (Lipinski definition) is 1. The number of carbonyl (C=O) groups is 1. The summed E-state index contributed by atoms with van der Waals surface area (Å²) in [4.78, 5) is 15.5. The first kappa shape index (κ1) is 14.0. The minimum Gasteiger partial charge on any atom is -0.355 e. The molecule has 1 amide bonds. The van der Waals surface area contributed by atoms with Crippen LogP contribution >= 0.6 is 11.3 Å². The van der Waals surface area contributed by atoms with Crippen LogP contribution in [0.25, 0.3) is 10.6 Å². The third-order valence-corrected chi connectivity index (χ3v) is 5.82. The molecule has 1 spiro atoms. The van der Waals surface area contributed by atoms with Gasteiger partial charge in [-0.1, -0.05) is 11.2 Å². The average molecular weight is 317 g/mol. The molecule has 0 aliphatic carbocycles. The largest absolute Gasteiger partial charge is 0.355 e. The van der Waals surface area contributed by atoms with Crippen molar-refractivity contribution in [1.29, 1.82) is 0 Å². The zero-order valence-corrected chi connectivity index (χ0v) is 13.2. The van der Waals surface area contributed by atoms with Gasteiger partial charge in [0.15, 0.2) is 11.5 Å². The zero-order chi connectivity index (χ0) is 15.0. The number of nitrogens with zero attached hydrogens (tertiary/aromatic N) is 2. The van der Waals surface area contributed by atoms with Gasteiger partial charge in [0, 0.05) is 25.7 Å². The number of amides is 1. The quantitative estimate of drug-likeness (QED) is 0.925. The van der Waals surface area contributed by atoms with E-state index in [4.69, 9.17) is 4.52 Å². The van der Waals surface area contributed by atoms with E-state index in [1.807, 2.05) is 22.4 Å². The Bertz CT molecular complexity index is 649. The molecule has 0 atom stereocenters. The van der Waals surface area contributed by atoms with Crippen molar-refractivity contribution in [3.05, 3.63) is 29.3 Å². The predicted molar refractivity (Wildman–Crippen MR) is 84.9 cm³/mol. The van der Waals surface area contributed by atoms with Crippen LogP contribution in [0.1, 0.15) is 29.8 Å². The molecule has 4 heterocycles. The molecule has 5 nitrogen and oxygen atoms in total. The molecule has 4 rings (SSSR count). The van der Waals surface area contributed by atoms with E-state index < -0.39 is 0 Å². The first-order chi connectivity index (χ1) is 10.8. The summed E-state index contributed by atoms with van der Waals surface area (Å²) in [5, 5.41) is 9.40. The lowest BCUT2D eigenvalue weighted by molar-refractivity contribution is 0.0598. The highest BCUT2D eigenvalue weighted by Crippen LogP contribution is 2.37. The molecule has 2 aliphatic rings. The van der Waals surface area contributed by atoms with Gasteiger partial charge in [-0.05, 0) is 42.7 Å². The summed E-state index contributed by atoms with van der Waals surface area (Å²) < 4.78 is 5.32. The first-order valence-electron chi connectivity index (χ1n) is 7.76. The van der Waals surface area contributed by atoms with Crippen molar-refractivity contribution in [2.45, 2.75) is 19.3 Å². The summed E-state index contributed by atoms with van der Waals surface area (Å²) in [6, 6.07) is 5.69. The second-order valence-corrected chi connectivity index (χ2v) is 7.22. The molecule has 6 heteroatoms. The number of carbonyl (C=O) groups excluding carboxylic acids is 1. The second kappa shape index (κ2) is 5.52. The number of piperidine rings is 1. The summed E-state index contributed by atoms with van der Waals surface area (Å²) >= 11 is 1.58. The van der Waals surface area contributed by atoms with Crippen LogP contribution in [0.5, 0.6) is 0 Å². The van der Waals surface area contributed by atoms with Gasteiger partial charge in [-0.25, -0.2) is 0 Å². The molecule has 2 saturated heterocycles. The van der Waals surface area contributed by atoms with E-state index in [1.54, 1.807) is 17.4 Å². The van der Waals surface area contributed by atoms with Crippen LogP contribution in [-0.4, -0.2) is 42.1 Å². The van der Waals surface area contributed by atoms with Crippen LogP contribution in [0.3, 0.4) is 0 Å². The Morgan fingerprint density at radius 3 is 2.91 bits per heavy atom. The summed E-state index contributed by atoms with van der Waals surface area (Å²) in [6.07, 6.45) is 3.41. The smallest absolute Gasteiger partial charge is 0.276 e. The normalized spacial score (nSPS) is 20.6. The van der Waals surface area contributed by atoms with Gasteiger partial charge in [-0.2, -0.15) is 0 Å². The number of aromatic nitrogens is 1. The van der Waals surface area contributed by atoms with E-state index in [1.165, 1.54) is 6.42 Å². The Labute approximate surface area is 133 Å². The van der Waals surface area contributed by atoms with Crippen LogP contribution in [-0.2, 0) is 0 Å². The van der Waals surface area contributed by atoms with Gasteiger partial charge in [0.2, 0.25) is 0 Å². The summed E-state index contributed by atoms with van der Waals surface area (Å²) in [5.41, 5.74) is 0.840. The van der Waals surface area contributed by atoms with E-state index in [9.17, 15) is 4.79 Å². The summed E-state index contributed by atoms with van der Waals surface area (Å²) in [7, 11) is 0. The van der Waals surface area contributed by atoms with Crippen molar-refractivity contribution in [2.75, 3.05) is 26.2 Å². The van der Waals surface area contributed by atoms with Crippen LogP contribution in [0, 0.1) is 5.41 Å². The molecule has 0 unspecified atom stereocenters. The second-order valence-electron chi connectivity index (χ2n) is 6.27. The monoisotopic (exact) mass is 317 g/mol. The molecular weight excluding hydrogens is 298 g/mol. The highest BCUT2D eigenvalue weighted by atomic mass is 32.1. The van der Waals surface area contributed by atoms with Gasteiger partial charge in [-0.15, -0.1) is 11.3 Å². The zero-order valence-electron chi connectivity index (χ0n) is 12.4. The predicted octanol–water partition coefficient (Wildman–Crippen LogP) is 2.62. The molecule has 2 aromatic rings. The topological polar surface area (TPSA) is 58.4 Å². The van der Waals surface area contributed by atoms with Crippen molar-refractivity contribution in [3.63, 3.8) is 0 Å². The highest BCUT2D eigenvalue weighted by molar-refractivity contribution is 7.13. The number of hydrogen-bond acceptors (Lipinski definition) is 5. The van der Waals surface area contributed by atoms with E-state index in [2.05, 4.69) is 10.5 Å². The molecule has 0 saturated carbocycles. The minimum atomic E-state index is -0.00707. The van der Waals surface area contributed by atoms with Crippen molar-refractivity contribution < 1.29 is 9.32 Å². The maximum Gasteiger partial charge on any atom is 0.276 e. The van der Waals surface area contributed by atoms with Gasteiger partial charge in [0.25, 0.3) is 5.91 Å². The van der Waals surface area contributed by atoms with Gasteiger partial charge in [0.1, 0.15) is 0 Å². The maximum absolute atomic E-state index is 12.6. The fourth-order valence-corrected chi connectivity index (χ4v) is 4.15. The molecular formula is C16H19N3O2S. The lowest BCUT2D eigenvalue weighted by Crippen LogP contribution is -2.44. The van der Waals surface area contributed by atoms with Crippen molar-refractivity contribution >= 4 is 17.2 Å². The summed E-state index contributed by atoms with van der Waals surface area (Å²) in [6.45, 7) is 3.85. The molecule has 2 aromatic heterocycles. The molecule has 2 aliphatic heterocycles. The lowest BCUT2D eigenvalue weighted by Gasteiger charge is -2.38. The fraction of sp³-hybridized carbons (Fsp3) is 0.500. The number of likely N-dealkylation sites (tertiary alicyclic amines) is 1. The molecule has 0 bridgehead atoms. The Morgan fingerprint density at radius 1 is 1.36 bits per heavy atom. The minimum absolute atomic E-state index is 0.00707. The molecule has 116 valence electrons. The van der Waals surface area contributed by atoms with E-state index in [0.29, 0.717) is 16.9 Å². The van der Waals surface area contributed by atoms with Gasteiger partial charge >= 0.3 is 0 Å². The summed E-state index contributed by atoms with van der Waals surface area (Å²) in [5.74, 6) is 0.666. The Hall–Kier alpha value is -1.66.